The van der Waals surface area contributed by atoms with Gasteiger partial charge < -0.3 is 10.3 Å². The molecule has 0 aliphatic carbocycles. The summed E-state index contributed by atoms with van der Waals surface area (Å²) in [7, 11) is 0. The molecule has 0 radical (unpaired) electrons. The van der Waals surface area contributed by atoms with Crippen molar-refractivity contribution in [1.82, 2.24) is 19.9 Å². The van der Waals surface area contributed by atoms with Crippen LogP contribution < -0.4 is 11.3 Å². The van der Waals surface area contributed by atoms with Crippen molar-refractivity contribution in [2.24, 2.45) is 0 Å². The minimum Gasteiger partial charge on any atom is -0.397 e. The predicted molar refractivity (Wildman–Crippen MR) is 91.4 cm³/mol. The number of hydrogen-bond acceptors (Lipinski definition) is 6. The van der Waals surface area contributed by atoms with E-state index in [1.54, 1.807) is 25.1 Å². The van der Waals surface area contributed by atoms with E-state index < -0.39 is 0 Å². The molecule has 0 saturated heterocycles. The summed E-state index contributed by atoms with van der Waals surface area (Å²) in [5.41, 5.74) is 7.11. The zero-order valence-corrected chi connectivity index (χ0v) is 13.6. The lowest BCUT2D eigenvalue weighted by Crippen LogP contribution is -2.26. The van der Waals surface area contributed by atoms with E-state index in [4.69, 9.17) is 21.9 Å². The predicted octanol–water partition coefficient (Wildman–Crippen LogP) is 2.39. The number of anilines is 1. The number of hydrogen-bond donors (Lipinski definition) is 1. The fraction of sp³-hybridized carbons (Fsp3) is 0.125. The van der Waals surface area contributed by atoms with Crippen LogP contribution >= 0.6 is 11.6 Å². The Morgan fingerprint density at radius 1 is 1.29 bits per heavy atom. The second-order valence-corrected chi connectivity index (χ2v) is 5.56. The summed E-state index contributed by atoms with van der Waals surface area (Å²) in [4.78, 5) is 16.3. The van der Waals surface area contributed by atoms with Crippen molar-refractivity contribution >= 4 is 29.4 Å². The molecule has 2 N–H and O–H groups in total. The highest BCUT2D eigenvalue weighted by atomic mass is 35.5. The normalized spacial score (nSPS) is 11.2. The molecule has 0 aliphatic rings. The number of benzene rings is 1. The average molecular weight is 344 g/mol. The number of nitrogen functional groups attached to an aromatic ring is 1. The summed E-state index contributed by atoms with van der Waals surface area (Å²) < 4.78 is 6.36. The summed E-state index contributed by atoms with van der Waals surface area (Å²) in [6.07, 6.45) is 4.97. The lowest BCUT2D eigenvalue weighted by molar-refractivity contribution is 0.361. The Bertz CT molecular complexity index is 944. The molecule has 3 rings (SSSR count). The van der Waals surface area contributed by atoms with Crippen LogP contribution in [0.4, 0.5) is 5.69 Å². The maximum absolute atomic E-state index is 12.0. The monoisotopic (exact) mass is 343 g/mol. The highest BCUT2D eigenvalue weighted by Crippen LogP contribution is 2.12. The van der Waals surface area contributed by atoms with Gasteiger partial charge in [0.15, 0.2) is 5.82 Å². The molecule has 0 amide bonds. The van der Waals surface area contributed by atoms with E-state index in [9.17, 15) is 4.79 Å². The van der Waals surface area contributed by atoms with Crippen LogP contribution in [-0.4, -0.2) is 19.9 Å². The molecule has 0 aliphatic heterocycles. The van der Waals surface area contributed by atoms with Crippen LogP contribution in [0.25, 0.3) is 12.2 Å². The largest absolute Gasteiger partial charge is 0.397 e. The third-order valence-corrected chi connectivity index (χ3v) is 3.64. The minimum absolute atomic E-state index is 0.0851. The first-order valence-electron chi connectivity index (χ1n) is 7.11. The van der Waals surface area contributed by atoms with E-state index in [0.29, 0.717) is 22.1 Å². The summed E-state index contributed by atoms with van der Waals surface area (Å²) in [6, 6.07) is 7.34. The fourth-order valence-corrected chi connectivity index (χ4v) is 2.11. The van der Waals surface area contributed by atoms with Gasteiger partial charge in [0, 0.05) is 10.6 Å². The number of halogens is 1. The van der Waals surface area contributed by atoms with Gasteiger partial charge in [-0.15, -0.1) is 0 Å². The van der Waals surface area contributed by atoms with Gasteiger partial charge >= 0.3 is 0 Å². The van der Waals surface area contributed by atoms with Gasteiger partial charge in [0.25, 0.3) is 5.56 Å². The molecule has 3 aromatic rings. The molecule has 0 saturated carbocycles. The standard InChI is InChI=1S/C16H14ClN5O2/c1-10-13(18)8-19-22(16(10)23)9-15-20-14(21-24-15)7-4-11-2-5-12(17)6-3-11/h2-8H,9,18H2,1H3/b7-4+. The van der Waals surface area contributed by atoms with E-state index >= 15 is 0 Å². The van der Waals surface area contributed by atoms with Gasteiger partial charge in [-0.1, -0.05) is 35.0 Å². The van der Waals surface area contributed by atoms with Crippen molar-refractivity contribution in [3.63, 3.8) is 0 Å². The van der Waals surface area contributed by atoms with E-state index in [2.05, 4.69) is 15.2 Å². The second kappa shape index (κ2) is 6.67. The average Bonchev–Trinajstić information content (AvgIpc) is 3.02. The molecule has 2 heterocycles. The van der Waals surface area contributed by atoms with E-state index in [1.807, 2.05) is 18.2 Å². The Morgan fingerprint density at radius 3 is 2.79 bits per heavy atom. The van der Waals surface area contributed by atoms with Gasteiger partial charge in [0.05, 0.1) is 11.9 Å². The Balaban J connectivity index is 1.75. The molecule has 8 heteroatoms. The summed E-state index contributed by atoms with van der Waals surface area (Å²) in [5.74, 6) is 0.685. The number of rotatable bonds is 4. The van der Waals surface area contributed by atoms with Crippen molar-refractivity contribution in [3.05, 3.63) is 68.7 Å². The molecular weight excluding hydrogens is 330 g/mol. The SMILES string of the molecule is Cc1c(N)cnn(Cc2nc(/C=C/c3ccc(Cl)cc3)no2)c1=O. The summed E-state index contributed by atoms with van der Waals surface area (Å²) in [5, 5.41) is 8.49. The maximum Gasteiger partial charge on any atom is 0.272 e. The molecule has 1 aromatic carbocycles. The minimum atomic E-state index is -0.286. The van der Waals surface area contributed by atoms with Gasteiger partial charge in [0.1, 0.15) is 6.54 Å². The van der Waals surface area contributed by atoms with Crippen LogP contribution in [0.15, 0.2) is 39.8 Å². The van der Waals surface area contributed by atoms with Crippen LogP contribution in [0.5, 0.6) is 0 Å². The molecule has 24 heavy (non-hydrogen) atoms. The first kappa shape index (κ1) is 15.9. The van der Waals surface area contributed by atoms with Crippen molar-refractivity contribution in [1.29, 1.82) is 0 Å². The van der Waals surface area contributed by atoms with Gasteiger partial charge in [-0.25, -0.2) is 4.68 Å². The summed E-state index contributed by atoms with van der Waals surface area (Å²) >= 11 is 5.84. The highest BCUT2D eigenvalue weighted by Gasteiger charge is 2.09. The van der Waals surface area contributed by atoms with Crippen molar-refractivity contribution in [3.8, 4) is 0 Å². The Morgan fingerprint density at radius 2 is 2.04 bits per heavy atom. The Labute approximate surface area is 142 Å². The molecule has 0 fully saturated rings. The third kappa shape index (κ3) is 3.52. The van der Waals surface area contributed by atoms with Crippen LogP contribution in [-0.2, 0) is 6.54 Å². The molecule has 0 unspecified atom stereocenters. The number of nitrogens with two attached hydrogens (primary N) is 1. The fourth-order valence-electron chi connectivity index (χ4n) is 1.98. The molecule has 0 atom stereocenters. The molecule has 7 nitrogen and oxygen atoms in total. The molecular formula is C16H14ClN5O2. The van der Waals surface area contributed by atoms with Gasteiger partial charge in [-0.05, 0) is 30.7 Å². The Kier molecular flexibility index (Phi) is 4.43. The smallest absolute Gasteiger partial charge is 0.272 e. The third-order valence-electron chi connectivity index (χ3n) is 3.39. The molecule has 0 bridgehead atoms. The van der Waals surface area contributed by atoms with Gasteiger partial charge in [-0.3, -0.25) is 4.79 Å². The zero-order valence-electron chi connectivity index (χ0n) is 12.8. The lowest BCUT2D eigenvalue weighted by atomic mass is 10.2. The molecule has 122 valence electrons. The van der Waals surface area contributed by atoms with E-state index in [1.165, 1.54) is 10.9 Å². The highest BCUT2D eigenvalue weighted by molar-refractivity contribution is 6.30. The van der Waals surface area contributed by atoms with Crippen molar-refractivity contribution < 1.29 is 4.52 Å². The van der Waals surface area contributed by atoms with Gasteiger partial charge in [0.2, 0.25) is 5.89 Å². The maximum atomic E-state index is 12.0. The topological polar surface area (TPSA) is 99.8 Å². The summed E-state index contributed by atoms with van der Waals surface area (Å²) in [6.45, 7) is 1.73. The van der Waals surface area contributed by atoms with Gasteiger partial charge in [-0.2, -0.15) is 10.1 Å². The van der Waals surface area contributed by atoms with Crippen LogP contribution in [0.2, 0.25) is 5.02 Å². The zero-order chi connectivity index (χ0) is 17.1. The first-order valence-corrected chi connectivity index (χ1v) is 7.49. The van der Waals surface area contributed by atoms with Crippen molar-refractivity contribution in [2.45, 2.75) is 13.5 Å². The van der Waals surface area contributed by atoms with Crippen molar-refractivity contribution in [2.75, 3.05) is 5.73 Å². The van der Waals surface area contributed by atoms with Crippen LogP contribution in [0.3, 0.4) is 0 Å². The van der Waals surface area contributed by atoms with Crippen LogP contribution in [0, 0.1) is 6.92 Å². The Hall–Kier alpha value is -2.93. The molecule has 0 spiro atoms. The first-order chi connectivity index (χ1) is 11.5. The number of nitrogens with zero attached hydrogens (tertiary/aromatic N) is 4. The quantitative estimate of drug-likeness (QED) is 0.780. The second-order valence-electron chi connectivity index (χ2n) is 5.12. The lowest BCUT2D eigenvalue weighted by Gasteiger charge is -2.03. The molecule has 2 aromatic heterocycles. The number of aromatic nitrogens is 4. The van der Waals surface area contributed by atoms with E-state index in [0.717, 1.165) is 5.56 Å². The van der Waals surface area contributed by atoms with E-state index in [-0.39, 0.29) is 18.0 Å². The van der Waals surface area contributed by atoms with Crippen LogP contribution in [0.1, 0.15) is 22.8 Å².